The molecule has 2 aliphatic rings. The average Bonchev–Trinajstić information content (AvgIpc) is 3.00. The largest absolute Gasteiger partial charge is 0.494 e. The third kappa shape index (κ3) is 2.59. The van der Waals surface area contributed by atoms with Crippen LogP contribution < -0.4 is 10.6 Å². The molecule has 7 heteroatoms. The summed E-state index contributed by atoms with van der Waals surface area (Å²) in [6, 6.07) is 7.61. The Morgan fingerprint density at radius 3 is 3.05 bits per heavy atom. The molecule has 22 heavy (non-hydrogen) atoms. The van der Waals surface area contributed by atoms with E-state index in [-0.39, 0.29) is 17.1 Å². The lowest BCUT2D eigenvalue weighted by Gasteiger charge is -2.28. The van der Waals surface area contributed by atoms with Gasteiger partial charge in [0.1, 0.15) is 11.0 Å². The molecule has 0 bridgehead atoms. The summed E-state index contributed by atoms with van der Waals surface area (Å²) in [5, 5.41) is 5.23. The summed E-state index contributed by atoms with van der Waals surface area (Å²) >= 11 is 1.45. The Bertz CT molecular complexity index is 684. The van der Waals surface area contributed by atoms with Gasteiger partial charge in [0.25, 0.3) is 0 Å². The second-order valence-corrected chi connectivity index (χ2v) is 5.77. The van der Waals surface area contributed by atoms with Crippen molar-refractivity contribution in [3.63, 3.8) is 0 Å². The highest BCUT2D eigenvalue weighted by Crippen LogP contribution is 2.29. The molecule has 0 fully saturated rings. The number of carbonyl (C=O) groups excluding carboxylic acids is 1. The molecule has 0 spiro atoms. The van der Waals surface area contributed by atoms with E-state index in [1.54, 1.807) is 0 Å². The standard InChI is InChI=1S/C15H16N4O2S/c1-2-21-12-6-4-3-5-10(12)9-19-14(20)13-11(7-8-22-13)17-15(19)18-16/h3-8,13H,2,9,16H2,1H3/b18-15+. The number of para-hydroxylation sites is 1. The van der Waals surface area contributed by atoms with Crippen LogP contribution >= 0.6 is 11.8 Å². The molecule has 0 aromatic heterocycles. The van der Waals surface area contributed by atoms with E-state index < -0.39 is 0 Å². The quantitative estimate of drug-likeness (QED) is 0.677. The van der Waals surface area contributed by atoms with E-state index in [2.05, 4.69) is 10.1 Å². The molecule has 1 unspecified atom stereocenters. The summed E-state index contributed by atoms with van der Waals surface area (Å²) in [4.78, 5) is 18.5. The minimum atomic E-state index is -0.301. The normalized spacial score (nSPS) is 22.0. The van der Waals surface area contributed by atoms with Crippen LogP contribution in [0.15, 0.2) is 45.8 Å². The Balaban J connectivity index is 1.90. The van der Waals surface area contributed by atoms with Crippen molar-refractivity contribution in [1.29, 1.82) is 0 Å². The number of allylic oxidation sites excluding steroid dienone is 1. The number of aliphatic imine (C=N–C) groups is 1. The average molecular weight is 316 g/mol. The van der Waals surface area contributed by atoms with Crippen molar-refractivity contribution in [3.05, 3.63) is 41.3 Å². The molecule has 3 rings (SSSR count). The minimum Gasteiger partial charge on any atom is -0.494 e. The maximum atomic E-state index is 12.7. The first-order valence-electron chi connectivity index (χ1n) is 6.95. The third-order valence-corrected chi connectivity index (χ3v) is 4.41. The van der Waals surface area contributed by atoms with Crippen LogP contribution in [0, 0.1) is 0 Å². The Morgan fingerprint density at radius 1 is 1.45 bits per heavy atom. The molecule has 2 heterocycles. The van der Waals surface area contributed by atoms with Crippen molar-refractivity contribution < 1.29 is 9.53 Å². The lowest BCUT2D eigenvalue weighted by Crippen LogP contribution is -2.47. The highest BCUT2D eigenvalue weighted by molar-refractivity contribution is 8.04. The molecule has 114 valence electrons. The van der Waals surface area contributed by atoms with Gasteiger partial charge >= 0.3 is 0 Å². The highest BCUT2D eigenvalue weighted by atomic mass is 32.2. The third-order valence-electron chi connectivity index (χ3n) is 3.40. The molecular formula is C15H16N4O2S. The van der Waals surface area contributed by atoms with Crippen LogP contribution in [0.25, 0.3) is 0 Å². The van der Waals surface area contributed by atoms with Crippen LogP contribution in [0.2, 0.25) is 0 Å². The van der Waals surface area contributed by atoms with Crippen molar-refractivity contribution in [2.75, 3.05) is 6.61 Å². The minimum absolute atomic E-state index is 0.0597. The fourth-order valence-corrected chi connectivity index (χ4v) is 3.28. The summed E-state index contributed by atoms with van der Waals surface area (Å²) in [6.45, 7) is 2.82. The molecule has 2 aliphatic heterocycles. The number of nitrogens with two attached hydrogens (primary N) is 1. The van der Waals surface area contributed by atoms with Crippen LogP contribution in [-0.2, 0) is 11.3 Å². The predicted octanol–water partition coefficient (Wildman–Crippen LogP) is 1.73. The van der Waals surface area contributed by atoms with Crippen LogP contribution in [0.1, 0.15) is 12.5 Å². The molecule has 0 aliphatic carbocycles. The number of guanidine groups is 1. The van der Waals surface area contributed by atoms with Crippen molar-refractivity contribution in [3.8, 4) is 5.75 Å². The van der Waals surface area contributed by atoms with Gasteiger partial charge in [-0.2, -0.15) is 0 Å². The number of fused-ring (bicyclic) bond motifs is 1. The molecule has 1 aromatic rings. The molecule has 1 aromatic carbocycles. The van der Waals surface area contributed by atoms with Crippen LogP contribution in [-0.4, -0.2) is 34.3 Å². The van der Waals surface area contributed by atoms with Gasteiger partial charge in [-0.25, -0.2) is 4.99 Å². The number of rotatable bonds is 4. The molecule has 0 radical (unpaired) electrons. The molecular weight excluding hydrogens is 300 g/mol. The Labute approximate surface area is 132 Å². The molecule has 0 saturated heterocycles. The molecule has 1 atom stereocenters. The smallest absolute Gasteiger partial charge is 0.249 e. The number of amides is 1. The molecule has 6 nitrogen and oxygen atoms in total. The molecule has 0 saturated carbocycles. The zero-order valence-corrected chi connectivity index (χ0v) is 12.9. The summed E-state index contributed by atoms with van der Waals surface area (Å²) in [5.74, 6) is 6.34. The lowest BCUT2D eigenvalue weighted by atomic mass is 10.1. The fourth-order valence-electron chi connectivity index (χ4n) is 2.39. The van der Waals surface area contributed by atoms with Crippen LogP contribution in [0.5, 0.6) is 5.75 Å². The van der Waals surface area contributed by atoms with Gasteiger partial charge in [-0.3, -0.25) is 9.69 Å². The fraction of sp³-hybridized carbons (Fsp3) is 0.267. The van der Waals surface area contributed by atoms with E-state index in [1.165, 1.54) is 16.7 Å². The Morgan fingerprint density at radius 2 is 2.27 bits per heavy atom. The van der Waals surface area contributed by atoms with Crippen molar-refractivity contribution >= 4 is 29.3 Å². The van der Waals surface area contributed by atoms with Crippen LogP contribution in [0.3, 0.4) is 0 Å². The zero-order valence-electron chi connectivity index (χ0n) is 12.1. The van der Waals surface area contributed by atoms with Gasteiger partial charge in [0, 0.05) is 5.56 Å². The SMILES string of the molecule is CCOc1ccccc1CN1C(=O)C2SC=CC2=N/C1=N\N. The number of ether oxygens (including phenoxy) is 1. The summed E-state index contributed by atoms with van der Waals surface area (Å²) in [5.41, 5.74) is 1.60. The van der Waals surface area contributed by atoms with Crippen molar-refractivity contribution in [2.24, 2.45) is 15.9 Å². The van der Waals surface area contributed by atoms with E-state index in [0.29, 0.717) is 18.9 Å². The van der Waals surface area contributed by atoms with Crippen molar-refractivity contribution in [2.45, 2.75) is 18.7 Å². The maximum Gasteiger partial charge on any atom is 0.249 e. The maximum absolute atomic E-state index is 12.7. The number of hydrazone groups is 1. The molecule has 2 N–H and O–H groups in total. The first-order valence-corrected chi connectivity index (χ1v) is 7.89. The number of benzene rings is 1. The van der Waals surface area contributed by atoms with E-state index in [4.69, 9.17) is 10.6 Å². The number of hydrogen-bond acceptors (Lipinski definition) is 5. The van der Waals surface area contributed by atoms with Gasteiger partial charge in [-0.05, 0) is 24.5 Å². The second-order valence-electron chi connectivity index (χ2n) is 4.75. The topological polar surface area (TPSA) is 80.3 Å². The van der Waals surface area contributed by atoms with Gasteiger partial charge < -0.3 is 10.6 Å². The van der Waals surface area contributed by atoms with E-state index in [1.807, 2.05) is 42.7 Å². The van der Waals surface area contributed by atoms with Gasteiger partial charge in [0.15, 0.2) is 0 Å². The van der Waals surface area contributed by atoms with Crippen LogP contribution in [0.4, 0.5) is 0 Å². The van der Waals surface area contributed by atoms with E-state index >= 15 is 0 Å². The van der Waals surface area contributed by atoms with Gasteiger partial charge in [0.2, 0.25) is 11.9 Å². The predicted molar refractivity (Wildman–Crippen MR) is 87.7 cm³/mol. The van der Waals surface area contributed by atoms with Gasteiger partial charge in [-0.15, -0.1) is 16.9 Å². The molecule has 1 amide bonds. The number of hydrogen-bond donors (Lipinski definition) is 1. The first kappa shape index (κ1) is 14.6. The summed E-state index contributed by atoms with van der Waals surface area (Å²) in [7, 11) is 0. The first-order chi connectivity index (χ1) is 10.7. The summed E-state index contributed by atoms with van der Waals surface area (Å²) < 4.78 is 5.61. The van der Waals surface area contributed by atoms with E-state index in [9.17, 15) is 4.79 Å². The van der Waals surface area contributed by atoms with Gasteiger partial charge in [-0.1, -0.05) is 18.2 Å². The number of thioether (sulfide) groups is 1. The summed E-state index contributed by atoms with van der Waals surface area (Å²) in [6.07, 6.45) is 1.82. The Hall–Kier alpha value is -2.28. The van der Waals surface area contributed by atoms with E-state index in [0.717, 1.165) is 11.3 Å². The monoisotopic (exact) mass is 316 g/mol. The second kappa shape index (κ2) is 6.23. The number of carbonyl (C=O) groups is 1. The highest BCUT2D eigenvalue weighted by Gasteiger charge is 2.37. The number of nitrogens with zero attached hydrogens (tertiary/aromatic N) is 3. The Kier molecular flexibility index (Phi) is 4.15. The van der Waals surface area contributed by atoms with Crippen molar-refractivity contribution in [1.82, 2.24) is 4.90 Å². The van der Waals surface area contributed by atoms with Gasteiger partial charge in [0.05, 0.1) is 18.9 Å². The lowest BCUT2D eigenvalue weighted by molar-refractivity contribution is -0.126. The zero-order chi connectivity index (χ0) is 15.5.